The molecule has 2 aromatic carbocycles. The maximum Gasteiger partial charge on any atom is 0.279 e. The summed E-state index contributed by atoms with van der Waals surface area (Å²) >= 11 is 1.15. The Morgan fingerprint density at radius 1 is 1.20 bits per heavy atom. The summed E-state index contributed by atoms with van der Waals surface area (Å²) in [6, 6.07) is 14.4. The number of nitrogens with zero attached hydrogens (tertiary/aromatic N) is 1. The van der Waals surface area contributed by atoms with E-state index in [4.69, 9.17) is 4.74 Å². The number of ether oxygens (including phenoxy) is 1. The van der Waals surface area contributed by atoms with Crippen LogP contribution in [0.5, 0.6) is 5.75 Å². The molecule has 3 rings (SSSR count). The first-order chi connectivity index (χ1) is 12.1. The highest BCUT2D eigenvalue weighted by molar-refractivity contribution is 8.18. The number of aryl methyl sites for hydroxylation is 1. The molecule has 0 radical (unpaired) electrons. The van der Waals surface area contributed by atoms with Crippen molar-refractivity contribution in [2.45, 2.75) is 6.92 Å². The van der Waals surface area contributed by atoms with Crippen molar-refractivity contribution < 1.29 is 14.3 Å². The minimum absolute atomic E-state index is 0.266. The van der Waals surface area contributed by atoms with Gasteiger partial charge in [0.25, 0.3) is 11.8 Å². The van der Waals surface area contributed by atoms with Gasteiger partial charge in [0.2, 0.25) is 0 Å². The molecule has 1 N–H and O–H groups in total. The van der Waals surface area contributed by atoms with E-state index in [0.717, 1.165) is 28.6 Å². The Morgan fingerprint density at radius 2 is 1.96 bits per heavy atom. The van der Waals surface area contributed by atoms with Crippen LogP contribution in [-0.2, 0) is 4.79 Å². The van der Waals surface area contributed by atoms with Crippen molar-refractivity contribution in [2.24, 2.45) is 4.99 Å². The number of thioether (sulfide) groups is 1. The van der Waals surface area contributed by atoms with Gasteiger partial charge >= 0.3 is 0 Å². The molecule has 1 aliphatic rings. The third-order valence-electron chi connectivity index (χ3n) is 3.59. The Bertz CT molecular complexity index is 889. The smallest absolute Gasteiger partial charge is 0.279 e. The van der Waals surface area contributed by atoms with Gasteiger partial charge in [-0.15, -0.1) is 0 Å². The number of amides is 2. The summed E-state index contributed by atoms with van der Waals surface area (Å²) < 4.78 is 5.23. The zero-order chi connectivity index (χ0) is 17.8. The second-order valence-electron chi connectivity index (χ2n) is 5.38. The number of methoxy groups -OCH3 is 1. The van der Waals surface area contributed by atoms with Crippen LogP contribution in [0.2, 0.25) is 0 Å². The van der Waals surface area contributed by atoms with Crippen molar-refractivity contribution in [3.8, 4) is 5.75 Å². The first kappa shape index (κ1) is 17.0. The van der Waals surface area contributed by atoms with Crippen LogP contribution in [0, 0.1) is 6.92 Å². The number of nitrogens with one attached hydrogen (secondary N) is 1. The van der Waals surface area contributed by atoms with Crippen molar-refractivity contribution >= 4 is 34.8 Å². The van der Waals surface area contributed by atoms with Crippen LogP contribution in [0.1, 0.15) is 21.5 Å². The number of carbonyl (C=O) groups is 2. The summed E-state index contributed by atoms with van der Waals surface area (Å²) in [5.41, 5.74) is 2.34. The summed E-state index contributed by atoms with van der Waals surface area (Å²) in [4.78, 5) is 28.7. The van der Waals surface area contributed by atoms with E-state index in [0.29, 0.717) is 10.5 Å². The Hall–Kier alpha value is -2.86. The molecule has 6 heteroatoms. The van der Waals surface area contributed by atoms with Gasteiger partial charge in [-0.2, -0.15) is 4.99 Å². The quantitative estimate of drug-likeness (QED) is 0.860. The van der Waals surface area contributed by atoms with Crippen LogP contribution in [0.15, 0.2) is 58.4 Å². The molecule has 0 saturated carbocycles. The second-order valence-corrected chi connectivity index (χ2v) is 6.41. The molecule has 0 unspecified atom stereocenters. The molecular weight excluding hydrogens is 336 g/mol. The summed E-state index contributed by atoms with van der Waals surface area (Å²) in [6.45, 7) is 1.94. The zero-order valence-electron chi connectivity index (χ0n) is 13.8. The molecule has 1 saturated heterocycles. The zero-order valence-corrected chi connectivity index (χ0v) is 14.6. The first-order valence-electron chi connectivity index (χ1n) is 7.60. The van der Waals surface area contributed by atoms with Crippen molar-refractivity contribution in [3.63, 3.8) is 0 Å². The molecule has 0 atom stereocenters. The third-order valence-corrected chi connectivity index (χ3v) is 4.50. The highest BCUT2D eigenvalue weighted by atomic mass is 32.2. The largest absolute Gasteiger partial charge is 0.496 e. The monoisotopic (exact) mass is 352 g/mol. The normalized spacial score (nSPS) is 17.0. The number of rotatable bonds is 3. The topological polar surface area (TPSA) is 67.8 Å². The average molecular weight is 352 g/mol. The van der Waals surface area contributed by atoms with E-state index in [1.165, 1.54) is 0 Å². The molecule has 1 aliphatic heterocycles. The minimum atomic E-state index is -0.384. The van der Waals surface area contributed by atoms with Gasteiger partial charge < -0.3 is 10.1 Å². The predicted molar refractivity (Wildman–Crippen MR) is 99.6 cm³/mol. The Kier molecular flexibility index (Phi) is 5.00. The lowest BCUT2D eigenvalue weighted by atomic mass is 10.1. The fourth-order valence-corrected chi connectivity index (χ4v) is 3.18. The lowest BCUT2D eigenvalue weighted by Gasteiger charge is -2.04. The van der Waals surface area contributed by atoms with E-state index in [-0.39, 0.29) is 17.0 Å². The van der Waals surface area contributed by atoms with Crippen molar-refractivity contribution in [2.75, 3.05) is 7.11 Å². The van der Waals surface area contributed by atoms with Crippen LogP contribution in [0.25, 0.3) is 6.08 Å². The number of carbonyl (C=O) groups excluding carboxylic acids is 2. The van der Waals surface area contributed by atoms with Crippen molar-refractivity contribution in [1.82, 2.24) is 5.32 Å². The van der Waals surface area contributed by atoms with Crippen LogP contribution >= 0.6 is 11.8 Å². The maximum absolute atomic E-state index is 12.1. The summed E-state index contributed by atoms with van der Waals surface area (Å²) in [5.74, 6) is 0.143. The molecular formula is C19H16N2O3S. The van der Waals surface area contributed by atoms with Gasteiger partial charge in [-0.3, -0.25) is 9.59 Å². The van der Waals surface area contributed by atoms with Crippen molar-refractivity contribution in [3.05, 3.63) is 70.1 Å². The number of amidine groups is 1. The average Bonchev–Trinajstić information content (AvgIpc) is 2.95. The molecule has 126 valence electrons. The summed E-state index contributed by atoms with van der Waals surface area (Å²) in [7, 11) is 1.62. The van der Waals surface area contributed by atoms with Gasteiger partial charge in [0.15, 0.2) is 5.17 Å². The van der Waals surface area contributed by atoms with Gasteiger partial charge in [0.05, 0.1) is 12.0 Å². The van der Waals surface area contributed by atoms with Gasteiger partial charge in [0, 0.05) is 5.56 Å². The standard InChI is InChI=1S/C19H16N2O3S/c1-12-10-13(8-9-15(12)24-2)11-16-18(23)21-19(25-16)20-17(22)14-6-4-3-5-7-14/h3-11H,1-2H3,(H,20,21,22,23)/b16-11-. The van der Waals surface area contributed by atoms with E-state index < -0.39 is 0 Å². The lowest BCUT2D eigenvalue weighted by Crippen LogP contribution is -2.20. The molecule has 25 heavy (non-hydrogen) atoms. The third kappa shape index (κ3) is 3.97. The van der Waals surface area contributed by atoms with E-state index in [9.17, 15) is 9.59 Å². The molecule has 1 heterocycles. The van der Waals surface area contributed by atoms with E-state index in [1.54, 1.807) is 37.5 Å². The van der Waals surface area contributed by atoms with E-state index in [2.05, 4.69) is 10.3 Å². The molecule has 2 aromatic rings. The summed E-state index contributed by atoms with van der Waals surface area (Å²) in [5, 5.41) is 2.91. The molecule has 0 spiro atoms. The van der Waals surface area contributed by atoms with Crippen LogP contribution in [-0.4, -0.2) is 24.1 Å². The molecule has 0 bridgehead atoms. The molecule has 1 fully saturated rings. The van der Waals surface area contributed by atoms with Gasteiger partial charge in [-0.25, -0.2) is 0 Å². The number of aliphatic imine (C=N–C) groups is 1. The summed E-state index contributed by atoms with van der Waals surface area (Å²) in [6.07, 6.45) is 1.77. The molecule has 0 aliphatic carbocycles. The van der Waals surface area contributed by atoms with Crippen molar-refractivity contribution in [1.29, 1.82) is 0 Å². The Labute approximate surface area is 149 Å². The van der Waals surface area contributed by atoms with Gasteiger partial charge in [-0.1, -0.05) is 24.3 Å². The molecule has 0 aromatic heterocycles. The van der Waals surface area contributed by atoms with Crippen LogP contribution in [0.3, 0.4) is 0 Å². The molecule has 2 amide bonds. The van der Waals surface area contributed by atoms with Crippen LogP contribution < -0.4 is 10.1 Å². The van der Waals surface area contributed by atoms with E-state index >= 15 is 0 Å². The second kappa shape index (κ2) is 7.36. The number of hydrogen-bond donors (Lipinski definition) is 1. The van der Waals surface area contributed by atoms with Gasteiger partial charge in [-0.05, 0) is 60.2 Å². The lowest BCUT2D eigenvalue weighted by molar-refractivity contribution is -0.115. The fourth-order valence-electron chi connectivity index (χ4n) is 2.36. The number of benzene rings is 2. The Balaban J connectivity index is 1.79. The first-order valence-corrected chi connectivity index (χ1v) is 8.42. The Morgan fingerprint density at radius 3 is 2.64 bits per heavy atom. The highest BCUT2D eigenvalue weighted by Crippen LogP contribution is 2.28. The SMILES string of the molecule is COc1ccc(/C=C2\SC(=NC(=O)c3ccccc3)NC2=O)cc1C. The predicted octanol–water partition coefficient (Wildman–Crippen LogP) is 3.40. The highest BCUT2D eigenvalue weighted by Gasteiger charge is 2.24. The maximum atomic E-state index is 12.1. The van der Waals surface area contributed by atoms with Gasteiger partial charge in [0.1, 0.15) is 5.75 Å². The fraction of sp³-hybridized carbons (Fsp3) is 0.105. The minimum Gasteiger partial charge on any atom is -0.496 e. The molecule has 5 nitrogen and oxygen atoms in total. The number of hydrogen-bond acceptors (Lipinski definition) is 4. The van der Waals surface area contributed by atoms with Crippen LogP contribution in [0.4, 0.5) is 0 Å². The van der Waals surface area contributed by atoms with E-state index in [1.807, 2.05) is 31.2 Å².